The lowest BCUT2D eigenvalue weighted by atomic mass is 10.2. The molecule has 1 N–H and O–H groups in total. The van der Waals surface area contributed by atoms with E-state index in [-0.39, 0.29) is 0 Å². The predicted octanol–water partition coefficient (Wildman–Crippen LogP) is 1.91. The van der Waals surface area contributed by atoms with Crippen molar-refractivity contribution in [1.29, 1.82) is 0 Å². The van der Waals surface area contributed by atoms with Crippen LogP contribution in [0.2, 0.25) is 0 Å². The van der Waals surface area contributed by atoms with Gasteiger partial charge in [-0.05, 0) is 48.8 Å². The van der Waals surface area contributed by atoms with E-state index in [4.69, 9.17) is 0 Å². The van der Waals surface area contributed by atoms with Crippen LogP contribution < -0.4 is 5.32 Å². The van der Waals surface area contributed by atoms with Gasteiger partial charge in [0.2, 0.25) is 0 Å². The van der Waals surface area contributed by atoms with Crippen LogP contribution in [0.3, 0.4) is 0 Å². The van der Waals surface area contributed by atoms with Gasteiger partial charge in [-0.15, -0.1) is 0 Å². The average Bonchev–Trinajstić information content (AvgIpc) is 2.92. The number of nitrogens with one attached hydrogen (secondary N) is 1. The molecule has 1 aromatic rings. The third-order valence-electron chi connectivity index (χ3n) is 4.03. The minimum atomic E-state index is 0.713. The molecular weight excluding hydrogens is 254 g/mol. The Balaban J connectivity index is 1.54. The Morgan fingerprint density at radius 2 is 2.26 bits per heavy atom. The third-order valence-corrected chi connectivity index (χ3v) is 4.76. The lowest BCUT2D eigenvalue weighted by Crippen LogP contribution is -2.52. The van der Waals surface area contributed by atoms with Crippen molar-refractivity contribution in [2.45, 2.75) is 26.3 Å². The first-order valence-electron chi connectivity index (χ1n) is 7.47. The Labute approximate surface area is 121 Å². The summed E-state index contributed by atoms with van der Waals surface area (Å²) >= 11 is 1.79. The fourth-order valence-corrected chi connectivity index (χ4v) is 3.48. The van der Waals surface area contributed by atoms with E-state index in [2.05, 4.69) is 45.8 Å². The summed E-state index contributed by atoms with van der Waals surface area (Å²) in [7, 11) is 0. The summed E-state index contributed by atoms with van der Waals surface area (Å²) in [6, 6.07) is 2.93. The number of thiophene rings is 1. The summed E-state index contributed by atoms with van der Waals surface area (Å²) in [5.74, 6) is 0. The van der Waals surface area contributed by atoms with Crippen LogP contribution in [0.25, 0.3) is 0 Å². The zero-order chi connectivity index (χ0) is 13.5. The van der Waals surface area contributed by atoms with Gasteiger partial charge in [0.15, 0.2) is 0 Å². The first kappa shape index (κ1) is 15.0. The van der Waals surface area contributed by atoms with Crippen molar-refractivity contribution in [2.24, 2.45) is 0 Å². The first-order valence-corrected chi connectivity index (χ1v) is 8.42. The maximum atomic E-state index is 3.56. The Morgan fingerprint density at radius 3 is 2.95 bits per heavy atom. The highest BCUT2D eigenvalue weighted by molar-refractivity contribution is 7.07. The van der Waals surface area contributed by atoms with Gasteiger partial charge < -0.3 is 5.32 Å². The van der Waals surface area contributed by atoms with Crippen LogP contribution in [0, 0.1) is 0 Å². The van der Waals surface area contributed by atoms with Gasteiger partial charge in [-0.25, -0.2) is 0 Å². The second kappa shape index (κ2) is 8.00. The number of hydrogen-bond acceptors (Lipinski definition) is 4. The minimum absolute atomic E-state index is 0.713. The highest BCUT2D eigenvalue weighted by atomic mass is 32.1. The zero-order valence-corrected chi connectivity index (χ0v) is 13.1. The SMILES string of the molecule is CCN1CCN(CCNCCc2ccsc2)CC1C. The fraction of sp³-hybridized carbons (Fsp3) is 0.733. The first-order chi connectivity index (χ1) is 9.29. The number of hydrogen-bond donors (Lipinski definition) is 1. The second-order valence-electron chi connectivity index (χ2n) is 5.41. The molecule has 3 nitrogen and oxygen atoms in total. The van der Waals surface area contributed by atoms with E-state index in [9.17, 15) is 0 Å². The van der Waals surface area contributed by atoms with Gasteiger partial charge >= 0.3 is 0 Å². The molecule has 19 heavy (non-hydrogen) atoms. The molecule has 108 valence electrons. The summed E-state index contributed by atoms with van der Waals surface area (Å²) < 4.78 is 0. The molecule has 0 aromatic carbocycles. The Bertz CT molecular complexity index is 339. The lowest BCUT2D eigenvalue weighted by Gasteiger charge is -2.39. The molecule has 0 bridgehead atoms. The smallest absolute Gasteiger partial charge is 0.0195 e. The topological polar surface area (TPSA) is 18.5 Å². The molecule has 2 heterocycles. The molecule has 1 unspecified atom stereocenters. The Kier molecular flexibility index (Phi) is 6.31. The molecule has 1 aliphatic heterocycles. The average molecular weight is 281 g/mol. The highest BCUT2D eigenvalue weighted by Gasteiger charge is 2.21. The molecule has 0 spiro atoms. The number of piperazine rings is 1. The van der Waals surface area contributed by atoms with Crippen molar-refractivity contribution < 1.29 is 0 Å². The molecule has 1 atom stereocenters. The third kappa shape index (κ3) is 4.88. The summed E-state index contributed by atoms with van der Waals surface area (Å²) in [5, 5.41) is 7.96. The van der Waals surface area contributed by atoms with Crippen molar-refractivity contribution in [3.63, 3.8) is 0 Å². The standard InChI is InChI=1S/C15H27N3S/c1-3-18-10-9-17(12-14(18)2)8-7-16-6-4-15-5-11-19-13-15/h5,11,13-14,16H,3-4,6-10,12H2,1-2H3. The normalized spacial score (nSPS) is 21.9. The van der Waals surface area contributed by atoms with Crippen LogP contribution in [-0.2, 0) is 6.42 Å². The second-order valence-corrected chi connectivity index (χ2v) is 6.19. The Morgan fingerprint density at radius 1 is 1.37 bits per heavy atom. The lowest BCUT2D eigenvalue weighted by molar-refractivity contribution is 0.0888. The molecule has 4 heteroatoms. The molecule has 2 rings (SSSR count). The van der Waals surface area contributed by atoms with Crippen LogP contribution in [0.5, 0.6) is 0 Å². The predicted molar refractivity (Wildman–Crippen MR) is 84.0 cm³/mol. The summed E-state index contributed by atoms with van der Waals surface area (Å²) in [6.45, 7) is 12.9. The van der Waals surface area contributed by atoms with E-state index in [1.807, 2.05) is 0 Å². The van der Waals surface area contributed by atoms with Gasteiger partial charge in [0.05, 0.1) is 0 Å². The molecule has 0 aliphatic carbocycles. The van der Waals surface area contributed by atoms with E-state index in [1.165, 1.54) is 38.3 Å². The van der Waals surface area contributed by atoms with Gasteiger partial charge in [0.1, 0.15) is 0 Å². The molecule has 0 amide bonds. The van der Waals surface area contributed by atoms with Gasteiger partial charge in [-0.3, -0.25) is 9.80 Å². The van der Waals surface area contributed by atoms with Crippen LogP contribution >= 0.6 is 11.3 Å². The molecule has 0 saturated carbocycles. The van der Waals surface area contributed by atoms with E-state index < -0.39 is 0 Å². The largest absolute Gasteiger partial charge is 0.315 e. The van der Waals surface area contributed by atoms with E-state index in [0.29, 0.717) is 6.04 Å². The monoisotopic (exact) mass is 281 g/mol. The molecule has 1 aliphatic rings. The highest BCUT2D eigenvalue weighted by Crippen LogP contribution is 2.08. The number of rotatable bonds is 7. The minimum Gasteiger partial charge on any atom is -0.315 e. The molecular formula is C15H27N3S. The van der Waals surface area contributed by atoms with E-state index in [0.717, 1.165) is 19.5 Å². The van der Waals surface area contributed by atoms with Crippen molar-refractivity contribution in [3.05, 3.63) is 22.4 Å². The van der Waals surface area contributed by atoms with Gasteiger partial charge in [-0.2, -0.15) is 11.3 Å². The van der Waals surface area contributed by atoms with Crippen LogP contribution in [0.4, 0.5) is 0 Å². The van der Waals surface area contributed by atoms with Crippen LogP contribution in [-0.4, -0.2) is 61.7 Å². The van der Waals surface area contributed by atoms with Crippen molar-refractivity contribution >= 4 is 11.3 Å². The van der Waals surface area contributed by atoms with Crippen LogP contribution in [0.1, 0.15) is 19.4 Å². The number of nitrogens with zero attached hydrogens (tertiary/aromatic N) is 2. The van der Waals surface area contributed by atoms with Crippen molar-refractivity contribution in [3.8, 4) is 0 Å². The Hall–Kier alpha value is -0.420. The fourth-order valence-electron chi connectivity index (χ4n) is 2.77. The molecule has 0 radical (unpaired) electrons. The van der Waals surface area contributed by atoms with Gasteiger partial charge in [0, 0.05) is 38.8 Å². The molecule has 1 saturated heterocycles. The summed E-state index contributed by atoms with van der Waals surface area (Å²) in [5.41, 5.74) is 1.46. The van der Waals surface area contributed by atoms with E-state index >= 15 is 0 Å². The van der Waals surface area contributed by atoms with Crippen molar-refractivity contribution in [1.82, 2.24) is 15.1 Å². The summed E-state index contributed by atoms with van der Waals surface area (Å²) in [6.07, 6.45) is 1.16. The maximum absolute atomic E-state index is 3.56. The quantitative estimate of drug-likeness (QED) is 0.770. The molecule has 1 aromatic heterocycles. The summed E-state index contributed by atoms with van der Waals surface area (Å²) in [4.78, 5) is 5.16. The van der Waals surface area contributed by atoms with E-state index in [1.54, 1.807) is 11.3 Å². The van der Waals surface area contributed by atoms with Crippen molar-refractivity contribution in [2.75, 3.05) is 45.8 Å². The van der Waals surface area contributed by atoms with Crippen LogP contribution in [0.15, 0.2) is 16.8 Å². The molecule has 1 fully saturated rings. The van der Waals surface area contributed by atoms with Gasteiger partial charge in [0.25, 0.3) is 0 Å². The number of likely N-dealkylation sites (N-methyl/N-ethyl adjacent to an activating group) is 1. The maximum Gasteiger partial charge on any atom is 0.0195 e. The zero-order valence-electron chi connectivity index (χ0n) is 12.3. The van der Waals surface area contributed by atoms with Gasteiger partial charge in [-0.1, -0.05) is 6.92 Å².